The summed E-state index contributed by atoms with van der Waals surface area (Å²) in [4.78, 5) is 15.4. The number of aromatic nitrogens is 1. The molecule has 0 fully saturated rings. The van der Waals surface area contributed by atoms with Crippen molar-refractivity contribution in [2.24, 2.45) is 11.8 Å². The molecule has 2 unspecified atom stereocenters. The maximum Gasteiger partial charge on any atom is 0.209 e. The van der Waals surface area contributed by atoms with Gasteiger partial charge in [0.15, 0.2) is 0 Å². The Morgan fingerprint density at radius 1 is 1.17 bits per heavy atom. The normalized spacial score (nSPS) is 22.9. The first-order valence-electron chi connectivity index (χ1n) is 12.1. The quantitative estimate of drug-likeness (QED) is 0.428. The van der Waals surface area contributed by atoms with E-state index in [-0.39, 0.29) is 5.78 Å². The molecule has 0 aromatic carbocycles. The largest absolute Gasteiger partial charge is 0.330 e. The summed E-state index contributed by atoms with van der Waals surface area (Å²) in [5.74, 6) is 1.56. The minimum absolute atomic E-state index is 0.281. The van der Waals surface area contributed by atoms with E-state index in [4.69, 9.17) is 0 Å². The number of carbonyl (C=O) groups excluding carboxylic acids is 1. The summed E-state index contributed by atoms with van der Waals surface area (Å²) in [5.41, 5.74) is 6.37. The molecule has 0 spiro atoms. The highest BCUT2D eigenvalue weighted by molar-refractivity contribution is 7.16. The third-order valence-electron chi connectivity index (χ3n) is 7.38. The third-order valence-corrected chi connectivity index (χ3v) is 8.33. The van der Waals surface area contributed by atoms with Crippen LogP contribution in [0.25, 0.3) is 10.2 Å². The van der Waals surface area contributed by atoms with Crippen LogP contribution >= 0.6 is 11.3 Å². The molecule has 2 heterocycles. The van der Waals surface area contributed by atoms with Crippen LogP contribution in [0, 0.1) is 11.8 Å². The van der Waals surface area contributed by atoms with Gasteiger partial charge in [0.25, 0.3) is 0 Å². The summed E-state index contributed by atoms with van der Waals surface area (Å²) in [5, 5.41) is 3.36. The maximum atomic E-state index is 14.2. The third kappa shape index (κ3) is 3.86. The highest BCUT2D eigenvalue weighted by atomic mass is 32.1. The average Bonchev–Trinajstić information content (AvgIpc) is 3.20. The molecule has 2 nitrogen and oxygen atoms in total. The summed E-state index contributed by atoms with van der Waals surface area (Å²) in [7, 11) is 0. The molecule has 2 atom stereocenters. The number of Topliss-reactive ketones (excluding diaryl/α,β-unsaturated/α-hetero) is 1. The van der Waals surface area contributed by atoms with Crippen molar-refractivity contribution in [1.82, 2.24) is 4.57 Å². The minimum Gasteiger partial charge on any atom is -0.330 e. The topological polar surface area (TPSA) is 22.0 Å². The van der Waals surface area contributed by atoms with Crippen LogP contribution in [0.2, 0.25) is 0 Å². The molecule has 2 aliphatic rings. The molecule has 2 aromatic rings. The fourth-order valence-corrected chi connectivity index (χ4v) is 6.82. The first-order chi connectivity index (χ1) is 14.6. The van der Waals surface area contributed by atoms with Gasteiger partial charge in [-0.05, 0) is 86.8 Å². The fourth-order valence-electron chi connectivity index (χ4n) is 5.90. The lowest BCUT2D eigenvalue weighted by atomic mass is 9.80. The Bertz CT molecular complexity index is 986. The first kappa shape index (κ1) is 21.6. The molecule has 0 bridgehead atoms. The number of fused-ring (bicyclic) bond motifs is 1. The Morgan fingerprint density at radius 2 is 1.97 bits per heavy atom. The van der Waals surface area contributed by atoms with Crippen LogP contribution < -0.4 is 0 Å². The number of aryl methyl sites for hydroxylation is 1. The first-order valence-corrected chi connectivity index (χ1v) is 13.0. The van der Waals surface area contributed by atoms with E-state index >= 15 is 0 Å². The van der Waals surface area contributed by atoms with E-state index in [1.54, 1.807) is 16.9 Å². The molecule has 4 rings (SSSR count). The van der Waals surface area contributed by atoms with Crippen molar-refractivity contribution in [1.29, 1.82) is 0 Å². The lowest BCUT2D eigenvalue weighted by Gasteiger charge is -2.25. The molecule has 2 aromatic heterocycles. The van der Waals surface area contributed by atoms with Crippen molar-refractivity contribution in [3.05, 3.63) is 45.5 Å². The maximum absolute atomic E-state index is 14.2. The van der Waals surface area contributed by atoms with E-state index in [1.165, 1.54) is 59.9 Å². The van der Waals surface area contributed by atoms with Crippen molar-refractivity contribution in [3.63, 3.8) is 0 Å². The molecule has 0 radical (unpaired) electrons. The van der Waals surface area contributed by atoms with E-state index < -0.39 is 0 Å². The number of nitrogens with zero attached hydrogens (tertiary/aromatic N) is 1. The molecule has 0 amide bonds. The number of thiophene rings is 1. The van der Waals surface area contributed by atoms with Gasteiger partial charge in [-0.1, -0.05) is 44.8 Å². The number of rotatable bonds is 6. The lowest BCUT2D eigenvalue weighted by Crippen LogP contribution is -2.15. The molecule has 0 N–H and O–H groups in total. The highest BCUT2D eigenvalue weighted by Crippen LogP contribution is 2.44. The summed E-state index contributed by atoms with van der Waals surface area (Å²) in [6.07, 6.45) is 10.7. The fraction of sp³-hybridized carbons (Fsp3) is 0.593. The zero-order valence-corrected chi connectivity index (χ0v) is 20.0. The van der Waals surface area contributed by atoms with Crippen molar-refractivity contribution < 1.29 is 4.79 Å². The van der Waals surface area contributed by atoms with Crippen LogP contribution in [-0.2, 0) is 6.54 Å². The van der Waals surface area contributed by atoms with Gasteiger partial charge in [0, 0.05) is 17.5 Å². The molecule has 3 heteroatoms. The van der Waals surface area contributed by atoms with E-state index in [0.717, 1.165) is 37.1 Å². The van der Waals surface area contributed by atoms with Gasteiger partial charge < -0.3 is 4.57 Å². The Balaban J connectivity index is 1.85. The van der Waals surface area contributed by atoms with E-state index in [0.29, 0.717) is 11.8 Å². The van der Waals surface area contributed by atoms with Gasteiger partial charge in [-0.3, -0.25) is 4.79 Å². The van der Waals surface area contributed by atoms with Crippen LogP contribution in [-0.4, -0.2) is 10.4 Å². The molecule has 2 aliphatic carbocycles. The minimum atomic E-state index is 0.281. The zero-order valence-electron chi connectivity index (χ0n) is 19.2. The second kappa shape index (κ2) is 9.26. The Morgan fingerprint density at radius 3 is 2.73 bits per heavy atom. The van der Waals surface area contributed by atoms with Gasteiger partial charge in [0.05, 0.1) is 5.69 Å². The second-order valence-corrected chi connectivity index (χ2v) is 10.3. The lowest BCUT2D eigenvalue weighted by molar-refractivity contribution is 0.102. The Kier molecular flexibility index (Phi) is 6.67. The molecule has 0 aliphatic heterocycles. The van der Waals surface area contributed by atoms with Gasteiger partial charge >= 0.3 is 0 Å². The van der Waals surface area contributed by atoms with Gasteiger partial charge in [-0.25, -0.2) is 0 Å². The van der Waals surface area contributed by atoms with E-state index in [2.05, 4.69) is 49.8 Å². The highest BCUT2D eigenvalue weighted by Gasteiger charge is 2.33. The molecular weight excluding hydrogens is 386 g/mol. The smallest absolute Gasteiger partial charge is 0.209 e. The standard InChI is InChI=1S/C27H37NOS/c1-5-10-20-16-18(3)25(23-12-9-7-8-11-22(23)19(20)4)26(29)24-17-21-13-15-30-27(21)28(24)14-6-2/h13,15,17,19-20H,5-12,14,16H2,1-4H3. The predicted molar refractivity (Wildman–Crippen MR) is 129 cm³/mol. The van der Waals surface area contributed by atoms with E-state index in [9.17, 15) is 4.79 Å². The van der Waals surface area contributed by atoms with Gasteiger partial charge in [-0.2, -0.15) is 0 Å². The molecule has 0 saturated heterocycles. The summed E-state index contributed by atoms with van der Waals surface area (Å²) in [6.45, 7) is 10.1. The number of carbonyl (C=O) groups is 1. The predicted octanol–water partition coefficient (Wildman–Crippen LogP) is 8.33. The van der Waals surface area contributed by atoms with Crippen LogP contribution in [0.4, 0.5) is 0 Å². The van der Waals surface area contributed by atoms with Crippen molar-refractivity contribution in [3.8, 4) is 0 Å². The number of hydrogen-bond donors (Lipinski definition) is 0. The van der Waals surface area contributed by atoms with Crippen LogP contribution in [0.15, 0.2) is 39.8 Å². The van der Waals surface area contributed by atoms with Crippen LogP contribution in [0.1, 0.15) is 96.0 Å². The number of allylic oxidation sites excluding steroid dienone is 4. The SMILES string of the molecule is CCCC1CC(C)=C(C(=O)c2cc3ccsc3n2CCC)C2=C(CCCCC2)C1C. The van der Waals surface area contributed by atoms with Crippen LogP contribution in [0.5, 0.6) is 0 Å². The van der Waals surface area contributed by atoms with Gasteiger partial charge in [-0.15, -0.1) is 11.3 Å². The van der Waals surface area contributed by atoms with Gasteiger partial charge in [0.2, 0.25) is 5.78 Å². The zero-order chi connectivity index (χ0) is 21.3. The Labute approximate surface area is 186 Å². The van der Waals surface area contributed by atoms with Gasteiger partial charge in [0.1, 0.15) is 4.83 Å². The van der Waals surface area contributed by atoms with Crippen molar-refractivity contribution in [2.75, 3.05) is 0 Å². The second-order valence-electron chi connectivity index (χ2n) is 9.45. The van der Waals surface area contributed by atoms with E-state index in [1.807, 2.05) is 0 Å². The van der Waals surface area contributed by atoms with Crippen LogP contribution in [0.3, 0.4) is 0 Å². The number of ketones is 1. The molecule has 162 valence electrons. The monoisotopic (exact) mass is 423 g/mol. The average molecular weight is 424 g/mol. The molecule has 0 saturated carbocycles. The van der Waals surface area contributed by atoms with Crippen molar-refractivity contribution >= 4 is 27.3 Å². The summed E-state index contributed by atoms with van der Waals surface area (Å²) >= 11 is 1.76. The molecule has 30 heavy (non-hydrogen) atoms. The summed E-state index contributed by atoms with van der Waals surface area (Å²) < 4.78 is 2.29. The summed E-state index contributed by atoms with van der Waals surface area (Å²) in [6, 6.07) is 4.31. The number of hydrogen-bond acceptors (Lipinski definition) is 2. The Hall–Kier alpha value is -1.61. The van der Waals surface area contributed by atoms with Crippen molar-refractivity contribution in [2.45, 2.75) is 92.0 Å². The molecular formula is C27H37NOS.